The van der Waals surface area contributed by atoms with Crippen molar-refractivity contribution in [1.82, 2.24) is 4.98 Å². The molecule has 0 fully saturated rings. The molecule has 49 heavy (non-hydrogen) atoms. The van der Waals surface area contributed by atoms with Gasteiger partial charge in [-0.2, -0.15) is 0 Å². The topological polar surface area (TPSA) is 63.3 Å². The summed E-state index contributed by atoms with van der Waals surface area (Å²) in [6.45, 7) is 14.8. The number of rotatable bonds is 8. The van der Waals surface area contributed by atoms with Crippen molar-refractivity contribution in [3.8, 4) is 22.4 Å². The molecule has 4 nitrogen and oxygen atoms in total. The first-order chi connectivity index (χ1) is 23.1. The van der Waals surface area contributed by atoms with E-state index in [9.17, 15) is 9.90 Å². The number of aliphatic hydroxyl groups excluding tert-OH is 1. The predicted octanol–water partition coefficient (Wildman–Crippen LogP) is 12.1. The van der Waals surface area contributed by atoms with Crippen LogP contribution in [0.25, 0.3) is 55.2 Å². The fourth-order valence-electron chi connectivity index (χ4n) is 7.30. The van der Waals surface area contributed by atoms with Crippen LogP contribution in [0.4, 0.5) is 0 Å². The van der Waals surface area contributed by atoms with E-state index in [-0.39, 0.29) is 48.9 Å². The van der Waals surface area contributed by atoms with E-state index >= 15 is 0 Å². The van der Waals surface area contributed by atoms with Gasteiger partial charge in [0, 0.05) is 49.0 Å². The number of furan rings is 1. The summed E-state index contributed by atoms with van der Waals surface area (Å²) in [7, 11) is 0. The van der Waals surface area contributed by atoms with Gasteiger partial charge in [-0.25, -0.2) is 0 Å². The molecule has 1 radical (unpaired) electrons. The second-order valence-corrected chi connectivity index (χ2v) is 13.6. The van der Waals surface area contributed by atoms with Crippen molar-refractivity contribution in [3.63, 3.8) is 0 Å². The van der Waals surface area contributed by atoms with Gasteiger partial charge in [0.05, 0.1) is 16.9 Å². The van der Waals surface area contributed by atoms with E-state index in [2.05, 4.69) is 87.5 Å². The van der Waals surface area contributed by atoms with Crippen LogP contribution in [-0.4, -0.2) is 15.9 Å². The third-order valence-electron chi connectivity index (χ3n) is 10.3. The Balaban J connectivity index is 0.000000252. The van der Waals surface area contributed by atoms with Crippen LogP contribution in [0.5, 0.6) is 0 Å². The van der Waals surface area contributed by atoms with Crippen LogP contribution in [-0.2, 0) is 30.3 Å². The molecule has 7 rings (SSSR count). The van der Waals surface area contributed by atoms with E-state index in [0.29, 0.717) is 0 Å². The monoisotopic (exact) mass is 829 g/mol. The van der Waals surface area contributed by atoms with Crippen molar-refractivity contribution in [1.29, 1.82) is 0 Å². The maximum Gasteiger partial charge on any atom is 0.162 e. The fourth-order valence-corrected chi connectivity index (χ4v) is 7.30. The maximum atomic E-state index is 11.7. The standard InChI is InChI=1S/C31H22NO.C13H24O2.Ir/c1-18-12-15-25-20(16-18)17-24-29(32-25)22-10-7-11-26-27(22)28-23(31(24,2)3)14-13-21(30(28)33-26)19-8-5-4-6-9-19;1-5-10(6-2)12(14)9-13(15)11(7-3)8-4;/h4-9,11-17H,1-3H3;9-11,14H,5-8H2,1-4H3;/q-1;;/b;12-9-;. The van der Waals surface area contributed by atoms with E-state index in [1.54, 1.807) is 0 Å². The third-order valence-corrected chi connectivity index (χ3v) is 10.3. The van der Waals surface area contributed by atoms with Crippen LogP contribution < -0.4 is 0 Å². The summed E-state index contributed by atoms with van der Waals surface area (Å²) >= 11 is 0. The van der Waals surface area contributed by atoms with Crippen LogP contribution in [0, 0.1) is 24.8 Å². The number of aliphatic hydroxyl groups is 1. The van der Waals surface area contributed by atoms with E-state index in [0.717, 1.165) is 70.1 Å². The molecular weight excluding hydrogens is 783 g/mol. The molecular formula is C44H46IrNO3-. The number of pyridine rings is 1. The molecule has 1 aliphatic rings. The average Bonchev–Trinajstić information content (AvgIpc) is 3.45. The zero-order chi connectivity index (χ0) is 34.2. The van der Waals surface area contributed by atoms with Gasteiger partial charge in [-0.1, -0.05) is 119 Å². The molecule has 6 aromatic rings. The van der Waals surface area contributed by atoms with Crippen molar-refractivity contribution >= 4 is 38.6 Å². The summed E-state index contributed by atoms with van der Waals surface area (Å²) in [5.41, 5.74) is 10.6. The molecule has 2 aromatic heterocycles. The summed E-state index contributed by atoms with van der Waals surface area (Å²) in [5, 5.41) is 13.2. The predicted molar refractivity (Wildman–Crippen MR) is 199 cm³/mol. The minimum atomic E-state index is -0.253. The van der Waals surface area contributed by atoms with E-state index in [4.69, 9.17) is 9.40 Å². The summed E-state index contributed by atoms with van der Waals surface area (Å²) in [6.07, 6.45) is 4.91. The number of fused-ring (bicyclic) bond motifs is 3. The molecule has 4 aromatic carbocycles. The summed E-state index contributed by atoms with van der Waals surface area (Å²) in [5.74, 6) is 0.547. The van der Waals surface area contributed by atoms with Crippen LogP contribution in [0.15, 0.2) is 95.1 Å². The number of carbonyl (C=O) groups excluding carboxylic acids is 1. The Labute approximate surface area is 304 Å². The molecule has 0 spiro atoms. The van der Waals surface area contributed by atoms with Gasteiger partial charge in [0.15, 0.2) is 5.78 Å². The second-order valence-electron chi connectivity index (χ2n) is 13.6. The zero-order valence-electron chi connectivity index (χ0n) is 29.6. The van der Waals surface area contributed by atoms with E-state index < -0.39 is 0 Å². The SMILES string of the molecule is CCC(CC)C(=O)/C=C(\O)C(CC)CC.Cc1ccc2nc3c(cc2c1)C(C)(C)c1ccc(-c2ccccc2)c2oc4cc[c-]c-3c4c12.[Ir]. The number of nitrogens with zero attached hydrogens (tertiary/aromatic N) is 1. The van der Waals surface area contributed by atoms with Crippen molar-refractivity contribution in [2.45, 2.75) is 79.6 Å². The number of aryl methyl sites for hydroxylation is 1. The van der Waals surface area contributed by atoms with Gasteiger partial charge < -0.3 is 9.52 Å². The summed E-state index contributed by atoms with van der Waals surface area (Å²) < 4.78 is 6.56. The van der Waals surface area contributed by atoms with Crippen molar-refractivity contribution in [2.75, 3.05) is 0 Å². The number of aromatic nitrogens is 1. The molecule has 0 bridgehead atoms. The summed E-state index contributed by atoms with van der Waals surface area (Å²) in [6, 6.07) is 31.3. The maximum absolute atomic E-state index is 11.7. The van der Waals surface area contributed by atoms with Gasteiger partial charge in [0.2, 0.25) is 0 Å². The van der Waals surface area contributed by atoms with Crippen molar-refractivity contribution in [2.24, 2.45) is 11.8 Å². The molecule has 2 heterocycles. The zero-order valence-corrected chi connectivity index (χ0v) is 32.0. The Morgan fingerprint density at radius 3 is 2.24 bits per heavy atom. The Hall–Kier alpha value is -4.05. The smallest absolute Gasteiger partial charge is 0.162 e. The van der Waals surface area contributed by atoms with E-state index in [1.807, 2.05) is 45.9 Å². The molecule has 0 unspecified atom stereocenters. The van der Waals surface area contributed by atoms with Gasteiger partial charge in [-0.05, 0) is 72.3 Å². The minimum Gasteiger partial charge on any atom is -0.512 e. The first-order valence-electron chi connectivity index (χ1n) is 17.4. The Morgan fingerprint density at radius 1 is 0.878 bits per heavy atom. The van der Waals surface area contributed by atoms with Crippen molar-refractivity contribution in [3.05, 3.63) is 113 Å². The molecule has 1 N–H and O–H groups in total. The molecule has 255 valence electrons. The second kappa shape index (κ2) is 14.8. The quantitative estimate of drug-likeness (QED) is 0.0943. The van der Waals surface area contributed by atoms with Crippen LogP contribution >= 0.6 is 0 Å². The Kier molecular flexibility index (Phi) is 11.0. The van der Waals surface area contributed by atoms with Crippen LogP contribution in [0.2, 0.25) is 0 Å². The molecule has 0 amide bonds. The van der Waals surface area contributed by atoms with E-state index in [1.165, 1.54) is 33.5 Å². The number of ketones is 1. The third kappa shape index (κ3) is 6.64. The first-order valence-corrected chi connectivity index (χ1v) is 17.4. The van der Waals surface area contributed by atoms with Gasteiger partial charge in [-0.3, -0.25) is 9.78 Å². The van der Waals surface area contributed by atoms with Crippen molar-refractivity contribution < 1.29 is 34.4 Å². The Bertz CT molecular complexity index is 2150. The normalized spacial score (nSPS) is 13.4. The molecule has 0 saturated carbocycles. The first kappa shape index (κ1) is 36.2. The van der Waals surface area contributed by atoms with Crippen LogP contribution in [0.1, 0.15) is 83.9 Å². The molecule has 0 saturated heterocycles. The fraction of sp³-hybridized carbons (Fsp3) is 0.318. The molecule has 1 aliphatic carbocycles. The summed E-state index contributed by atoms with van der Waals surface area (Å²) in [4.78, 5) is 16.9. The Morgan fingerprint density at radius 2 is 1.57 bits per heavy atom. The molecule has 0 atom stereocenters. The van der Waals surface area contributed by atoms with Crippen LogP contribution in [0.3, 0.4) is 0 Å². The van der Waals surface area contributed by atoms with Gasteiger partial charge in [0.1, 0.15) is 5.58 Å². The average molecular weight is 829 g/mol. The van der Waals surface area contributed by atoms with Gasteiger partial charge >= 0.3 is 0 Å². The number of allylic oxidation sites excluding steroid dienone is 2. The van der Waals surface area contributed by atoms with Gasteiger partial charge in [0.25, 0.3) is 0 Å². The van der Waals surface area contributed by atoms with Gasteiger partial charge in [-0.15, -0.1) is 17.7 Å². The number of hydrogen-bond acceptors (Lipinski definition) is 4. The minimum absolute atomic E-state index is 0. The largest absolute Gasteiger partial charge is 0.512 e. The number of carbonyl (C=O) groups is 1. The number of hydrogen-bond donors (Lipinski definition) is 1. The molecule has 5 heteroatoms. The molecule has 0 aliphatic heterocycles. The number of benzene rings is 4.